The predicted molar refractivity (Wildman–Crippen MR) is 210 cm³/mol. The molecule has 318 valence electrons. The number of amides is 1. The minimum absolute atomic E-state index is 0.0580. The smallest absolute Gasteiger partial charge is 0.468 e. The maximum Gasteiger partial charge on any atom is 0.522 e. The van der Waals surface area contributed by atoms with Crippen molar-refractivity contribution in [3.8, 4) is 35.4 Å². The Bertz CT molecular complexity index is 2420. The highest BCUT2D eigenvalue weighted by Gasteiger charge is 2.53. The number of ether oxygens (including phenoxy) is 5. The van der Waals surface area contributed by atoms with Gasteiger partial charge in [0.15, 0.2) is 12.6 Å². The van der Waals surface area contributed by atoms with Crippen molar-refractivity contribution in [1.82, 2.24) is 24.8 Å². The van der Waals surface area contributed by atoms with E-state index in [1.165, 1.54) is 25.3 Å². The average Bonchev–Trinajstić information content (AvgIpc) is 3.80. The highest BCUT2D eigenvalue weighted by atomic mass is 19.4. The third-order valence-electron chi connectivity index (χ3n) is 12.5. The molecule has 4 saturated heterocycles. The lowest BCUT2D eigenvalue weighted by Gasteiger charge is -2.47. The largest absolute Gasteiger partial charge is 0.522 e. The molecular weight excluding hydrogens is 791 g/mol. The summed E-state index contributed by atoms with van der Waals surface area (Å²) in [5, 5.41) is 1.10. The first-order valence-electron chi connectivity index (χ1n) is 20.2. The predicted octanol–water partition coefficient (Wildman–Crippen LogP) is 7.51. The van der Waals surface area contributed by atoms with Crippen LogP contribution in [0.5, 0.6) is 11.8 Å². The normalized spacial score (nSPS) is 25.0. The van der Waals surface area contributed by atoms with E-state index in [0.29, 0.717) is 66.8 Å². The van der Waals surface area contributed by atoms with Crippen molar-refractivity contribution in [1.29, 1.82) is 0 Å². The summed E-state index contributed by atoms with van der Waals surface area (Å²) in [4.78, 5) is 34.1. The zero-order chi connectivity index (χ0) is 42.3. The Morgan fingerprint density at radius 3 is 2.58 bits per heavy atom. The lowest BCUT2D eigenvalue weighted by Crippen LogP contribution is -2.62. The Balaban J connectivity index is 1.19. The van der Waals surface area contributed by atoms with Gasteiger partial charge in [-0.05, 0) is 95.8 Å². The minimum atomic E-state index is -4.78. The van der Waals surface area contributed by atoms with E-state index >= 15 is 8.78 Å². The Morgan fingerprint density at radius 2 is 1.83 bits per heavy atom. The van der Waals surface area contributed by atoms with Crippen LogP contribution in [-0.4, -0.2) is 113 Å². The highest BCUT2D eigenvalue weighted by Crippen LogP contribution is 2.47. The van der Waals surface area contributed by atoms with E-state index in [0.717, 1.165) is 12.8 Å². The van der Waals surface area contributed by atoms with Gasteiger partial charge < -0.3 is 23.8 Å². The molecule has 2 aromatic heterocycles. The van der Waals surface area contributed by atoms with Crippen molar-refractivity contribution < 1.29 is 50.4 Å². The summed E-state index contributed by atoms with van der Waals surface area (Å²) in [6.07, 6.45) is 3.31. The van der Waals surface area contributed by atoms with Gasteiger partial charge in [0, 0.05) is 31.1 Å². The van der Waals surface area contributed by atoms with Crippen LogP contribution in [-0.2, 0) is 20.6 Å². The number of terminal acetylenes is 1. The lowest BCUT2D eigenvalue weighted by atomic mass is 9.94. The van der Waals surface area contributed by atoms with Crippen molar-refractivity contribution in [3.05, 3.63) is 47.2 Å². The molecule has 1 amide bonds. The molecule has 5 aliphatic heterocycles. The first-order chi connectivity index (χ1) is 28.6. The maximum atomic E-state index is 17.7. The number of methoxy groups -OCH3 is 1. The van der Waals surface area contributed by atoms with Crippen LogP contribution in [0.15, 0.2) is 24.3 Å². The van der Waals surface area contributed by atoms with Gasteiger partial charge in [-0.2, -0.15) is 9.97 Å². The average molecular weight is 837 g/mol. The number of rotatable bonds is 8. The molecule has 12 nitrogen and oxygen atoms in total. The number of nitrogens with zero attached hydrogens (tertiary/aromatic N) is 6. The number of carbonyl (C=O) groups is 1. The molecule has 2 aromatic carbocycles. The van der Waals surface area contributed by atoms with Gasteiger partial charge in [-0.1, -0.05) is 12.0 Å². The lowest BCUT2D eigenvalue weighted by molar-refractivity contribution is -0.340. The van der Waals surface area contributed by atoms with E-state index < -0.39 is 41.3 Å². The van der Waals surface area contributed by atoms with E-state index in [1.54, 1.807) is 6.07 Å². The molecule has 60 heavy (non-hydrogen) atoms. The Labute approximate surface area is 343 Å². The van der Waals surface area contributed by atoms with Gasteiger partial charge in [-0.25, -0.2) is 18.6 Å². The van der Waals surface area contributed by atoms with Crippen molar-refractivity contribution in [3.63, 3.8) is 0 Å². The number of piperazine rings is 1. The molecule has 0 spiro atoms. The third kappa shape index (κ3) is 7.09. The summed E-state index contributed by atoms with van der Waals surface area (Å²) in [7, 11) is 1.46. The number of hydrogen-bond donors (Lipinski definition) is 0. The second-order valence-corrected chi connectivity index (χ2v) is 17.4. The second-order valence-electron chi connectivity index (χ2n) is 17.4. The van der Waals surface area contributed by atoms with Crippen LogP contribution in [0.4, 0.5) is 32.6 Å². The van der Waals surface area contributed by atoms with Gasteiger partial charge in [0.25, 0.3) is 0 Å². The second kappa shape index (κ2) is 14.8. The van der Waals surface area contributed by atoms with Crippen molar-refractivity contribution in [2.24, 2.45) is 0 Å². The van der Waals surface area contributed by atoms with Crippen LogP contribution < -0.4 is 14.4 Å². The highest BCUT2D eigenvalue weighted by molar-refractivity contribution is 6.03. The van der Waals surface area contributed by atoms with Crippen LogP contribution in [0.3, 0.4) is 0 Å². The summed E-state index contributed by atoms with van der Waals surface area (Å²) >= 11 is 0. The van der Waals surface area contributed by atoms with E-state index in [-0.39, 0.29) is 78.2 Å². The fourth-order valence-electron chi connectivity index (χ4n) is 10.2. The summed E-state index contributed by atoms with van der Waals surface area (Å²) in [6, 6.07) is 5.05. The molecule has 9 rings (SSSR count). The molecule has 7 heterocycles. The number of alkyl halides is 3. The number of carbonyl (C=O) groups excluding carboxylic acids is 1. The first kappa shape index (κ1) is 40.4. The first-order valence-corrected chi connectivity index (χ1v) is 20.2. The van der Waals surface area contributed by atoms with Gasteiger partial charge in [0.05, 0.1) is 46.4 Å². The summed E-state index contributed by atoms with van der Waals surface area (Å²) in [6.45, 7) is 6.34. The van der Waals surface area contributed by atoms with Crippen LogP contribution in [0.2, 0.25) is 0 Å². The fraction of sp³-hybridized carbons (Fsp3) is 0.535. The Hall–Kier alpha value is -5.05. The standard InChI is InChI=1S/C43H45F5N6O6/c1-6-27-29(44)10-8-23-16-25(58-22-56-5)17-28(33(23)27)36-35(45)37-34-30(49-36)11-13-31-32-12-9-24(54(32)40(55)60-41(2,3)4)19-53(31)38(34)51-39(50-37)57-21-42-14-7-15-52(42)20-26(18-42)59-43(46,47)48/h1,8,10,16-17,24,26,31-32H,7,9,11-15,18-22H2,2-5H3/t24-,26?,31-,32+,42?/m1/s1. The van der Waals surface area contributed by atoms with Gasteiger partial charge >= 0.3 is 18.5 Å². The fourth-order valence-corrected chi connectivity index (χ4v) is 10.2. The van der Waals surface area contributed by atoms with Crippen LogP contribution >= 0.6 is 0 Å². The van der Waals surface area contributed by atoms with Crippen LogP contribution in [0.1, 0.15) is 70.6 Å². The molecule has 2 bridgehead atoms. The zero-order valence-electron chi connectivity index (χ0n) is 33.7. The molecule has 4 aromatic rings. The van der Waals surface area contributed by atoms with E-state index in [9.17, 15) is 18.0 Å². The molecule has 0 aliphatic carbocycles. The number of pyridine rings is 1. The zero-order valence-corrected chi connectivity index (χ0v) is 33.7. The Kier molecular flexibility index (Phi) is 9.98. The molecule has 0 N–H and O–H groups in total. The summed E-state index contributed by atoms with van der Waals surface area (Å²) in [5.74, 6) is 1.60. The van der Waals surface area contributed by atoms with Gasteiger partial charge in [0.2, 0.25) is 0 Å². The summed E-state index contributed by atoms with van der Waals surface area (Å²) < 4.78 is 101. The van der Waals surface area contributed by atoms with Gasteiger partial charge in [-0.3, -0.25) is 14.5 Å². The quantitative estimate of drug-likeness (QED) is 0.0999. The van der Waals surface area contributed by atoms with E-state index in [4.69, 9.17) is 35.3 Å². The molecule has 2 unspecified atom stereocenters. The number of aromatic nitrogens is 3. The summed E-state index contributed by atoms with van der Waals surface area (Å²) in [5.41, 5.74) is -1.16. The monoisotopic (exact) mass is 836 g/mol. The molecular formula is C43H45F5N6O6. The number of halogens is 5. The molecule has 17 heteroatoms. The molecule has 5 atom stereocenters. The topological polar surface area (TPSA) is 112 Å². The van der Waals surface area contributed by atoms with Crippen LogP contribution in [0.25, 0.3) is 32.9 Å². The van der Waals surface area contributed by atoms with Crippen LogP contribution in [0, 0.1) is 24.0 Å². The molecule has 0 saturated carbocycles. The SMILES string of the molecule is C#Cc1c(F)ccc2cc(OCOC)cc(-c3nc4c5c(nc(OCC67CCCN6CC(OC(F)(F)F)C7)nc5c3F)N3C[C@H]5CC[C@@H]([C@H]3CC4)N5C(=O)OC(C)(C)C)c12. The molecule has 4 fully saturated rings. The Morgan fingerprint density at radius 1 is 1.02 bits per heavy atom. The van der Waals surface area contributed by atoms with E-state index in [2.05, 4.69) is 20.5 Å². The minimum Gasteiger partial charge on any atom is -0.468 e. The van der Waals surface area contributed by atoms with Crippen molar-refractivity contribution in [2.75, 3.05) is 45.0 Å². The van der Waals surface area contributed by atoms with Crippen molar-refractivity contribution >= 4 is 33.6 Å². The van der Waals surface area contributed by atoms with Crippen molar-refractivity contribution in [2.45, 2.75) is 107 Å². The maximum absolute atomic E-state index is 17.7. The number of hydrogen-bond acceptors (Lipinski definition) is 11. The van der Waals surface area contributed by atoms with E-state index in [1.807, 2.05) is 30.6 Å². The number of aryl methyl sites for hydroxylation is 1. The number of fused-ring (bicyclic) bond motifs is 7. The number of benzene rings is 2. The molecule has 0 radical (unpaired) electrons. The van der Waals surface area contributed by atoms with Gasteiger partial charge in [0.1, 0.15) is 40.8 Å². The third-order valence-corrected chi connectivity index (χ3v) is 12.5. The van der Waals surface area contributed by atoms with Gasteiger partial charge in [-0.15, -0.1) is 19.6 Å². The number of anilines is 1. The molecule has 5 aliphatic rings.